The summed E-state index contributed by atoms with van der Waals surface area (Å²) < 4.78 is 13.0. The molecule has 1 unspecified atom stereocenters. The molecule has 0 bridgehead atoms. The van der Waals surface area contributed by atoms with Gasteiger partial charge in [0.2, 0.25) is 0 Å². The van der Waals surface area contributed by atoms with Crippen LogP contribution in [-0.4, -0.2) is 22.7 Å². The summed E-state index contributed by atoms with van der Waals surface area (Å²) in [6, 6.07) is 4.67. The van der Waals surface area contributed by atoms with E-state index in [1.54, 1.807) is 12.1 Å². The maximum absolute atomic E-state index is 13.0. The quantitative estimate of drug-likeness (QED) is 0.906. The number of rotatable bonds is 4. The Balaban J connectivity index is 1.85. The molecular weight excluding hydrogens is 271 g/mol. The first-order valence-electron chi connectivity index (χ1n) is 6.35. The lowest BCUT2D eigenvalue weighted by molar-refractivity contribution is 0.139. The fourth-order valence-electron chi connectivity index (χ4n) is 2.39. The van der Waals surface area contributed by atoms with Crippen molar-refractivity contribution < 1.29 is 9.50 Å². The fraction of sp³-hybridized carbons (Fsp3) is 0.571. The van der Waals surface area contributed by atoms with Crippen molar-refractivity contribution >= 4 is 23.4 Å². The predicted octanol–water partition coefficient (Wildman–Crippen LogP) is 3.92. The molecule has 0 aromatic heterocycles. The van der Waals surface area contributed by atoms with Crippen LogP contribution in [-0.2, 0) is 6.42 Å². The number of hydrogen-bond acceptors (Lipinski definition) is 2. The van der Waals surface area contributed by atoms with Crippen LogP contribution in [0.4, 0.5) is 4.39 Å². The Bertz CT molecular complexity index is 393. The van der Waals surface area contributed by atoms with E-state index in [4.69, 9.17) is 11.6 Å². The van der Waals surface area contributed by atoms with Crippen LogP contribution in [0.5, 0.6) is 0 Å². The first-order valence-corrected chi connectivity index (χ1v) is 7.88. The second-order valence-electron chi connectivity index (χ2n) is 4.90. The van der Waals surface area contributed by atoms with Gasteiger partial charge in [-0.2, -0.15) is 11.8 Å². The minimum absolute atomic E-state index is 0.133. The molecule has 100 valence electrons. The lowest BCUT2D eigenvalue weighted by Crippen LogP contribution is -2.19. The molecule has 1 heterocycles. The van der Waals surface area contributed by atoms with Crippen LogP contribution in [0, 0.1) is 11.7 Å². The highest BCUT2D eigenvalue weighted by Crippen LogP contribution is 2.27. The molecular formula is C14H18ClFOS. The molecule has 1 saturated heterocycles. The van der Waals surface area contributed by atoms with Gasteiger partial charge in [-0.3, -0.25) is 0 Å². The van der Waals surface area contributed by atoms with Crippen molar-refractivity contribution in [2.75, 3.05) is 11.5 Å². The van der Waals surface area contributed by atoms with Gasteiger partial charge in [0.25, 0.3) is 0 Å². The van der Waals surface area contributed by atoms with Gasteiger partial charge in [-0.05, 0) is 60.8 Å². The summed E-state index contributed by atoms with van der Waals surface area (Å²) in [7, 11) is 0. The van der Waals surface area contributed by atoms with E-state index in [2.05, 4.69) is 0 Å². The fourth-order valence-corrected chi connectivity index (χ4v) is 3.80. The van der Waals surface area contributed by atoms with Gasteiger partial charge in [-0.25, -0.2) is 4.39 Å². The maximum atomic E-state index is 13.0. The molecule has 1 N–H and O–H groups in total. The van der Waals surface area contributed by atoms with Gasteiger partial charge in [-0.1, -0.05) is 17.7 Å². The minimum Gasteiger partial charge on any atom is -0.393 e. The summed E-state index contributed by atoms with van der Waals surface area (Å²) in [5.74, 6) is 2.65. The summed E-state index contributed by atoms with van der Waals surface area (Å²) in [5, 5.41) is 10.2. The zero-order chi connectivity index (χ0) is 13.0. The SMILES string of the molecule is OC(Cc1ccc(F)c(Cl)c1)CC1CCSCC1. The lowest BCUT2D eigenvalue weighted by atomic mass is 9.93. The first kappa shape index (κ1) is 14.2. The Labute approximate surface area is 117 Å². The van der Waals surface area contributed by atoms with Gasteiger partial charge in [0.05, 0.1) is 11.1 Å². The molecule has 1 aliphatic heterocycles. The van der Waals surface area contributed by atoms with Crippen LogP contribution < -0.4 is 0 Å². The standard InChI is InChI=1S/C14H18ClFOS/c15-13-9-11(1-2-14(13)16)8-12(17)7-10-3-5-18-6-4-10/h1-2,9-10,12,17H,3-8H2. The number of aliphatic hydroxyl groups excluding tert-OH is 1. The third-order valence-electron chi connectivity index (χ3n) is 3.40. The molecule has 1 aromatic carbocycles. The Morgan fingerprint density at radius 2 is 2.11 bits per heavy atom. The summed E-state index contributed by atoms with van der Waals surface area (Å²) >= 11 is 7.72. The smallest absolute Gasteiger partial charge is 0.141 e. The zero-order valence-corrected chi connectivity index (χ0v) is 11.8. The van der Waals surface area contributed by atoms with E-state index in [0.29, 0.717) is 12.3 Å². The highest BCUT2D eigenvalue weighted by Gasteiger charge is 2.18. The highest BCUT2D eigenvalue weighted by atomic mass is 35.5. The Morgan fingerprint density at radius 3 is 2.78 bits per heavy atom. The van der Waals surface area contributed by atoms with E-state index >= 15 is 0 Å². The van der Waals surface area contributed by atoms with E-state index in [-0.39, 0.29) is 11.1 Å². The van der Waals surface area contributed by atoms with Gasteiger partial charge in [0.1, 0.15) is 5.82 Å². The van der Waals surface area contributed by atoms with Gasteiger partial charge < -0.3 is 5.11 Å². The molecule has 1 nitrogen and oxygen atoms in total. The molecule has 0 radical (unpaired) electrons. The molecule has 0 aliphatic carbocycles. The van der Waals surface area contributed by atoms with Crippen molar-refractivity contribution in [3.05, 3.63) is 34.6 Å². The molecule has 0 amide bonds. The number of halogens is 2. The van der Waals surface area contributed by atoms with E-state index in [1.807, 2.05) is 11.8 Å². The molecule has 1 aromatic rings. The lowest BCUT2D eigenvalue weighted by Gasteiger charge is -2.23. The number of benzene rings is 1. The van der Waals surface area contributed by atoms with Crippen LogP contribution in [0.3, 0.4) is 0 Å². The van der Waals surface area contributed by atoms with Crippen LogP contribution in [0.2, 0.25) is 5.02 Å². The molecule has 1 fully saturated rings. The Hall–Kier alpha value is -0.250. The molecule has 18 heavy (non-hydrogen) atoms. The Kier molecular flexibility index (Phi) is 5.34. The largest absolute Gasteiger partial charge is 0.393 e. The van der Waals surface area contributed by atoms with Crippen LogP contribution in [0.15, 0.2) is 18.2 Å². The second-order valence-corrected chi connectivity index (χ2v) is 6.53. The average Bonchev–Trinajstić information content (AvgIpc) is 2.35. The zero-order valence-electron chi connectivity index (χ0n) is 10.2. The topological polar surface area (TPSA) is 20.2 Å². The van der Waals surface area contributed by atoms with Crippen LogP contribution in [0.25, 0.3) is 0 Å². The molecule has 4 heteroatoms. The summed E-state index contributed by atoms with van der Waals surface area (Å²) in [6.07, 6.45) is 3.46. The van der Waals surface area contributed by atoms with E-state index in [0.717, 1.165) is 12.0 Å². The monoisotopic (exact) mass is 288 g/mol. The van der Waals surface area contributed by atoms with Crippen molar-refractivity contribution in [2.24, 2.45) is 5.92 Å². The summed E-state index contributed by atoms with van der Waals surface area (Å²) in [6.45, 7) is 0. The van der Waals surface area contributed by atoms with Crippen molar-refractivity contribution in [2.45, 2.75) is 31.8 Å². The normalized spacial score (nSPS) is 18.8. The molecule has 1 atom stereocenters. The second kappa shape index (κ2) is 6.78. The van der Waals surface area contributed by atoms with Gasteiger partial charge in [0.15, 0.2) is 0 Å². The first-order chi connectivity index (χ1) is 8.65. The summed E-state index contributed by atoms with van der Waals surface area (Å²) in [4.78, 5) is 0. The molecule has 2 rings (SSSR count). The van der Waals surface area contributed by atoms with Gasteiger partial charge >= 0.3 is 0 Å². The number of aliphatic hydroxyl groups is 1. The maximum Gasteiger partial charge on any atom is 0.141 e. The average molecular weight is 289 g/mol. The molecule has 0 spiro atoms. The van der Waals surface area contributed by atoms with Gasteiger partial charge in [-0.15, -0.1) is 0 Å². The summed E-state index contributed by atoms with van der Waals surface area (Å²) in [5.41, 5.74) is 0.902. The van der Waals surface area contributed by atoms with Crippen LogP contribution >= 0.6 is 23.4 Å². The number of hydrogen-bond donors (Lipinski definition) is 1. The third kappa shape index (κ3) is 4.15. The van der Waals surface area contributed by atoms with Crippen LogP contribution in [0.1, 0.15) is 24.8 Å². The van der Waals surface area contributed by atoms with E-state index in [9.17, 15) is 9.50 Å². The molecule has 0 saturated carbocycles. The van der Waals surface area contributed by atoms with Crippen molar-refractivity contribution in [3.8, 4) is 0 Å². The van der Waals surface area contributed by atoms with Crippen molar-refractivity contribution in [1.82, 2.24) is 0 Å². The predicted molar refractivity (Wildman–Crippen MR) is 75.8 cm³/mol. The number of thioether (sulfide) groups is 1. The minimum atomic E-state index is -0.404. The molecule has 1 aliphatic rings. The third-order valence-corrected chi connectivity index (χ3v) is 4.74. The van der Waals surface area contributed by atoms with E-state index < -0.39 is 5.82 Å². The highest BCUT2D eigenvalue weighted by molar-refractivity contribution is 7.99. The Morgan fingerprint density at radius 1 is 1.39 bits per heavy atom. The van der Waals surface area contributed by atoms with Gasteiger partial charge in [0, 0.05) is 0 Å². The van der Waals surface area contributed by atoms with Crippen molar-refractivity contribution in [3.63, 3.8) is 0 Å². The van der Waals surface area contributed by atoms with Crippen molar-refractivity contribution in [1.29, 1.82) is 0 Å². The van der Waals surface area contributed by atoms with E-state index in [1.165, 1.54) is 30.4 Å².